The van der Waals surface area contributed by atoms with Crippen molar-refractivity contribution in [3.8, 4) is 0 Å². The number of halogens is 1. The maximum absolute atomic E-state index is 13.5. The number of carbonyl (C=O) groups excluding carboxylic acids is 1. The second-order valence-corrected chi connectivity index (χ2v) is 6.33. The highest BCUT2D eigenvalue weighted by molar-refractivity contribution is 5.69. The largest absolute Gasteiger partial charge is 0.444 e. The Kier molecular flexibility index (Phi) is 4.02. The molecule has 1 heterocycles. The van der Waals surface area contributed by atoms with Gasteiger partial charge in [0.15, 0.2) is 0 Å². The number of ether oxygens (including phenoxy) is 1. The number of rotatable bonds is 1. The summed E-state index contributed by atoms with van der Waals surface area (Å²) in [7, 11) is 0. The molecule has 0 aliphatic carbocycles. The van der Waals surface area contributed by atoms with E-state index in [9.17, 15) is 9.18 Å². The lowest BCUT2D eigenvalue weighted by Crippen LogP contribution is -2.36. The van der Waals surface area contributed by atoms with Crippen LogP contribution < -0.4 is 0 Å². The summed E-state index contributed by atoms with van der Waals surface area (Å²) >= 11 is 0. The molecular weight excluding hydrogens is 257 g/mol. The monoisotopic (exact) mass is 279 g/mol. The van der Waals surface area contributed by atoms with Gasteiger partial charge in [-0.3, -0.25) is 0 Å². The minimum Gasteiger partial charge on any atom is -0.444 e. The minimum atomic E-state index is -0.513. The number of aryl methyl sites for hydroxylation is 1. The van der Waals surface area contributed by atoms with E-state index in [1.807, 2.05) is 27.7 Å². The predicted molar refractivity (Wildman–Crippen MR) is 76.1 cm³/mol. The Labute approximate surface area is 119 Å². The molecule has 1 fully saturated rings. The molecule has 1 amide bonds. The van der Waals surface area contributed by atoms with Crippen LogP contribution in [-0.2, 0) is 4.74 Å². The molecule has 1 unspecified atom stereocenters. The van der Waals surface area contributed by atoms with Gasteiger partial charge in [-0.25, -0.2) is 9.18 Å². The standard InChI is InChI=1S/C16H22FNO2/c1-11-7-8-12(17)10-13(11)14-6-5-9-18(14)15(19)20-16(2,3)4/h7-8,10,14H,5-6,9H2,1-4H3. The van der Waals surface area contributed by atoms with Crippen LogP contribution in [0.15, 0.2) is 18.2 Å². The molecule has 3 nitrogen and oxygen atoms in total. The molecule has 1 aromatic carbocycles. The summed E-state index contributed by atoms with van der Waals surface area (Å²) in [5.74, 6) is -0.262. The van der Waals surface area contributed by atoms with E-state index >= 15 is 0 Å². The molecule has 2 rings (SSSR count). The lowest BCUT2D eigenvalue weighted by molar-refractivity contribution is 0.0224. The first-order valence-corrected chi connectivity index (χ1v) is 7.03. The topological polar surface area (TPSA) is 29.5 Å². The van der Waals surface area contributed by atoms with Crippen LogP contribution in [0.4, 0.5) is 9.18 Å². The third-order valence-corrected chi connectivity index (χ3v) is 3.48. The van der Waals surface area contributed by atoms with E-state index in [-0.39, 0.29) is 18.0 Å². The molecule has 1 atom stereocenters. The number of likely N-dealkylation sites (tertiary alicyclic amines) is 1. The van der Waals surface area contributed by atoms with Crippen molar-refractivity contribution in [2.24, 2.45) is 0 Å². The molecule has 1 aliphatic rings. The fourth-order valence-corrected chi connectivity index (χ4v) is 2.60. The zero-order valence-corrected chi connectivity index (χ0v) is 12.6. The lowest BCUT2D eigenvalue weighted by atomic mass is 9.99. The van der Waals surface area contributed by atoms with Crippen LogP contribution in [0.5, 0.6) is 0 Å². The smallest absolute Gasteiger partial charge is 0.410 e. The van der Waals surface area contributed by atoms with Gasteiger partial charge in [-0.15, -0.1) is 0 Å². The summed E-state index contributed by atoms with van der Waals surface area (Å²) in [6.07, 6.45) is 1.45. The zero-order chi connectivity index (χ0) is 14.9. The average molecular weight is 279 g/mol. The van der Waals surface area contributed by atoms with Crippen LogP contribution in [0.1, 0.15) is 50.8 Å². The first-order valence-electron chi connectivity index (χ1n) is 7.03. The number of hydrogen-bond donors (Lipinski definition) is 0. The highest BCUT2D eigenvalue weighted by atomic mass is 19.1. The SMILES string of the molecule is Cc1ccc(F)cc1C1CCCN1C(=O)OC(C)(C)C. The minimum absolute atomic E-state index is 0.0828. The molecule has 0 spiro atoms. The molecule has 0 radical (unpaired) electrons. The van der Waals surface area contributed by atoms with Gasteiger partial charge in [-0.1, -0.05) is 6.07 Å². The molecule has 4 heteroatoms. The Morgan fingerprint density at radius 3 is 2.75 bits per heavy atom. The molecule has 0 saturated carbocycles. The first kappa shape index (κ1) is 14.8. The average Bonchev–Trinajstić information content (AvgIpc) is 2.79. The Balaban J connectivity index is 2.23. The van der Waals surface area contributed by atoms with Gasteiger partial charge >= 0.3 is 6.09 Å². The Morgan fingerprint density at radius 2 is 2.10 bits per heavy atom. The van der Waals surface area contributed by atoms with Crippen LogP contribution in [0.25, 0.3) is 0 Å². The quantitative estimate of drug-likeness (QED) is 0.770. The van der Waals surface area contributed by atoms with Crippen LogP contribution in [0, 0.1) is 12.7 Å². The van der Waals surface area contributed by atoms with E-state index in [1.54, 1.807) is 11.0 Å². The van der Waals surface area contributed by atoms with E-state index in [0.29, 0.717) is 6.54 Å². The van der Waals surface area contributed by atoms with Gasteiger partial charge in [0.25, 0.3) is 0 Å². The molecule has 0 aromatic heterocycles. The molecule has 110 valence electrons. The summed E-state index contributed by atoms with van der Waals surface area (Å²) in [5.41, 5.74) is 1.38. The van der Waals surface area contributed by atoms with Gasteiger partial charge in [0.2, 0.25) is 0 Å². The van der Waals surface area contributed by atoms with Crippen LogP contribution in [0.3, 0.4) is 0 Å². The third kappa shape index (κ3) is 3.30. The summed E-state index contributed by atoms with van der Waals surface area (Å²) < 4.78 is 18.9. The van der Waals surface area contributed by atoms with E-state index in [0.717, 1.165) is 24.0 Å². The maximum Gasteiger partial charge on any atom is 0.410 e. The van der Waals surface area contributed by atoms with Crippen molar-refractivity contribution in [2.45, 2.75) is 52.2 Å². The highest BCUT2D eigenvalue weighted by Gasteiger charge is 2.33. The third-order valence-electron chi connectivity index (χ3n) is 3.48. The van der Waals surface area contributed by atoms with Crippen molar-refractivity contribution in [2.75, 3.05) is 6.54 Å². The Bertz CT molecular complexity index is 508. The normalized spacial score (nSPS) is 19.2. The van der Waals surface area contributed by atoms with Gasteiger partial charge in [0, 0.05) is 6.54 Å². The van der Waals surface area contributed by atoms with E-state index in [1.165, 1.54) is 12.1 Å². The number of amides is 1. The van der Waals surface area contributed by atoms with Crippen molar-refractivity contribution in [1.29, 1.82) is 0 Å². The second kappa shape index (κ2) is 5.43. The lowest BCUT2D eigenvalue weighted by Gasteiger charge is -2.29. The van der Waals surface area contributed by atoms with Crippen molar-refractivity contribution in [1.82, 2.24) is 4.90 Å². The molecule has 0 bridgehead atoms. The van der Waals surface area contributed by atoms with Gasteiger partial charge in [-0.05, 0) is 63.8 Å². The van der Waals surface area contributed by atoms with E-state index in [4.69, 9.17) is 4.74 Å². The molecule has 0 N–H and O–H groups in total. The summed E-state index contributed by atoms with van der Waals surface area (Å²) in [6.45, 7) is 8.16. The zero-order valence-electron chi connectivity index (χ0n) is 12.6. The molecule has 1 saturated heterocycles. The van der Waals surface area contributed by atoms with Gasteiger partial charge in [0.1, 0.15) is 11.4 Å². The van der Waals surface area contributed by atoms with Crippen LogP contribution in [0.2, 0.25) is 0 Å². The first-order chi connectivity index (χ1) is 9.28. The molecule has 1 aliphatic heterocycles. The number of nitrogens with zero attached hydrogens (tertiary/aromatic N) is 1. The van der Waals surface area contributed by atoms with Gasteiger partial charge in [0.05, 0.1) is 6.04 Å². The van der Waals surface area contributed by atoms with Gasteiger partial charge in [-0.2, -0.15) is 0 Å². The van der Waals surface area contributed by atoms with Crippen LogP contribution in [-0.4, -0.2) is 23.1 Å². The fraction of sp³-hybridized carbons (Fsp3) is 0.562. The molecule has 20 heavy (non-hydrogen) atoms. The Hall–Kier alpha value is -1.58. The molecule has 1 aromatic rings. The predicted octanol–water partition coefficient (Wildman–Crippen LogP) is 4.21. The van der Waals surface area contributed by atoms with E-state index in [2.05, 4.69) is 0 Å². The molecular formula is C16H22FNO2. The number of hydrogen-bond acceptors (Lipinski definition) is 2. The van der Waals surface area contributed by atoms with Crippen molar-refractivity contribution in [3.05, 3.63) is 35.1 Å². The summed E-state index contributed by atoms with van der Waals surface area (Å²) in [5, 5.41) is 0. The second-order valence-electron chi connectivity index (χ2n) is 6.33. The van der Waals surface area contributed by atoms with Crippen molar-refractivity contribution < 1.29 is 13.9 Å². The van der Waals surface area contributed by atoms with Crippen molar-refractivity contribution >= 4 is 6.09 Å². The summed E-state index contributed by atoms with van der Waals surface area (Å²) in [4.78, 5) is 14.0. The van der Waals surface area contributed by atoms with Crippen LogP contribution >= 0.6 is 0 Å². The fourth-order valence-electron chi connectivity index (χ4n) is 2.60. The van der Waals surface area contributed by atoms with Gasteiger partial charge < -0.3 is 9.64 Å². The number of carbonyl (C=O) groups is 1. The van der Waals surface area contributed by atoms with E-state index < -0.39 is 5.60 Å². The number of benzene rings is 1. The van der Waals surface area contributed by atoms with Crippen molar-refractivity contribution in [3.63, 3.8) is 0 Å². The highest BCUT2D eigenvalue weighted by Crippen LogP contribution is 2.35. The Morgan fingerprint density at radius 1 is 1.40 bits per heavy atom. The summed E-state index contributed by atoms with van der Waals surface area (Å²) in [6, 6.07) is 4.66. The maximum atomic E-state index is 13.5.